The number of aromatic nitrogens is 6. The van der Waals surface area contributed by atoms with Crippen LogP contribution < -0.4 is 5.32 Å². The second-order valence-electron chi connectivity index (χ2n) is 8.98. The van der Waals surface area contributed by atoms with Gasteiger partial charge >= 0.3 is 0 Å². The molecule has 0 radical (unpaired) electrons. The van der Waals surface area contributed by atoms with E-state index in [2.05, 4.69) is 31.5 Å². The van der Waals surface area contributed by atoms with Crippen LogP contribution in [0, 0.1) is 0 Å². The van der Waals surface area contributed by atoms with Gasteiger partial charge in [-0.15, -0.1) is 11.3 Å². The summed E-state index contributed by atoms with van der Waals surface area (Å²) in [7, 11) is 0. The van der Waals surface area contributed by atoms with Gasteiger partial charge in [0.1, 0.15) is 16.4 Å². The van der Waals surface area contributed by atoms with Gasteiger partial charge in [-0.25, -0.2) is 4.98 Å². The van der Waals surface area contributed by atoms with Crippen molar-refractivity contribution in [3.8, 4) is 21.8 Å². The molecule has 9 nitrogen and oxygen atoms in total. The normalized spacial score (nSPS) is 18.0. The third-order valence-electron chi connectivity index (χ3n) is 6.72. The Morgan fingerprint density at radius 1 is 1.25 bits per heavy atom. The van der Waals surface area contributed by atoms with E-state index < -0.39 is 0 Å². The largest absolute Gasteiger partial charge is 0.379 e. The summed E-state index contributed by atoms with van der Waals surface area (Å²) in [5.41, 5.74) is 4.58. The van der Waals surface area contributed by atoms with Crippen LogP contribution in [0.1, 0.15) is 49.1 Å². The van der Waals surface area contributed by atoms with E-state index in [9.17, 15) is 4.79 Å². The lowest BCUT2D eigenvalue weighted by Gasteiger charge is -2.28. The molecule has 4 heterocycles. The maximum absolute atomic E-state index is 13.2. The molecule has 1 aromatic carbocycles. The summed E-state index contributed by atoms with van der Waals surface area (Å²) in [4.78, 5) is 21.1. The summed E-state index contributed by atoms with van der Waals surface area (Å²) in [6, 6.07) is 8.41. The summed E-state index contributed by atoms with van der Waals surface area (Å²) in [5, 5.41) is 18.5. The van der Waals surface area contributed by atoms with Crippen molar-refractivity contribution in [1.29, 1.82) is 0 Å². The second-order valence-corrected chi connectivity index (χ2v) is 9.84. The van der Waals surface area contributed by atoms with E-state index in [4.69, 9.17) is 9.84 Å². The number of para-hydroxylation sites is 1. The number of aromatic amines is 2. The number of hydrogen-bond acceptors (Lipinski definition) is 6. The molecule has 10 heteroatoms. The first-order chi connectivity index (χ1) is 17.7. The molecule has 184 valence electrons. The highest BCUT2D eigenvalue weighted by Crippen LogP contribution is 2.36. The smallest absolute Gasteiger partial charge is 0.275 e. The highest BCUT2D eigenvalue weighted by atomic mass is 32.1. The van der Waals surface area contributed by atoms with Crippen LogP contribution in [0.2, 0.25) is 0 Å². The molecule has 1 amide bonds. The number of amides is 1. The molecule has 0 unspecified atom stereocenters. The van der Waals surface area contributed by atoms with Crippen LogP contribution in [-0.2, 0) is 4.74 Å². The van der Waals surface area contributed by atoms with E-state index in [-0.39, 0.29) is 11.9 Å². The maximum atomic E-state index is 13.2. The van der Waals surface area contributed by atoms with Crippen molar-refractivity contribution in [2.24, 2.45) is 0 Å². The van der Waals surface area contributed by atoms with Gasteiger partial charge in [0.05, 0.1) is 29.5 Å². The highest BCUT2D eigenvalue weighted by molar-refractivity contribution is 7.13. The molecule has 1 aliphatic carbocycles. The molecule has 0 bridgehead atoms. The molecule has 1 aliphatic rings. The van der Waals surface area contributed by atoms with Gasteiger partial charge in [-0.1, -0.05) is 18.2 Å². The zero-order chi connectivity index (χ0) is 24.5. The summed E-state index contributed by atoms with van der Waals surface area (Å²) >= 11 is 1.41. The number of ether oxygens (including phenoxy) is 1. The van der Waals surface area contributed by atoms with Gasteiger partial charge in [-0.05, 0) is 38.7 Å². The van der Waals surface area contributed by atoms with E-state index in [1.807, 2.05) is 42.2 Å². The molecule has 1 saturated carbocycles. The standard InChI is InChI=1S/C26H27N7O2S/c1-2-35-19-8-6-18(7-9-19)33-14-21(24(32-33)20-5-3-4-16-10-11-27-23(16)20)30-25(34)22-15-36-26(31-22)17-12-28-29-13-17/h3-5,10-15,18-19,27H,2,6-9H2,1H3,(H,28,29)(H,30,34). The minimum absolute atomic E-state index is 0.263. The number of fused-ring (bicyclic) bond motifs is 1. The van der Waals surface area contributed by atoms with Crippen molar-refractivity contribution in [2.75, 3.05) is 11.9 Å². The molecule has 0 atom stereocenters. The molecule has 4 aromatic heterocycles. The number of hydrogen-bond donors (Lipinski definition) is 3. The minimum atomic E-state index is -0.263. The van der Waals surface area contributed by atoms with Crippen LogP contribution in [0.5, 0.6) is 0 Å². The number of carbonyl (C=O) groups excluding carboxylic acids is 1. The van der Waals surface area contributed by atoms with E-state index in [0.717, 1.165) is 65.0 Å². The Balaban J connectivity index is 1.32. The first kappa shape index (κ1) is 22.7. The zero-order valence-corrected chi connectivity index (χ0v) is 20.7. The molecule has 1 fully saturated rings. The average molecular weight is 502 g/mol. The molecular formula is C26H27N7O2S. The van der Waals surface area contributed by atoms with Crippen LogP contribution in [0.15, 0.2) is 54.4 Å². The van der Waals surface area contributed by atoms with Crippen molar-refractivity contribution in [1.82, 2.24) is 29.9 Å². The fraction of sp³-hybridized carbons (Fsp3) is 0.308. The average Bonchev–Trinajstić information content (AvgIpc) is 3.70. The Hall–Kier alpha value is -3.76. The topological polar surface area (TPSA) is 114 Å². The lowest BCUT2D eigenvalue weighted by molar-refractivity contribution is 0.0260. The Labute approximate surface area is 211 Å². The van der Waals surface area contributed by atoms with E-state index in [0.29, 0.717) is 17.5 Å². The molecule has 3 N–H and O–H groups in total. The van der Waals surface area contributed by atoms with E-state index >= 15 is 0 Å². The number of carbonyl (C=O) groups is 1. The monoisotopic (exact) mass is 501 g/mol. The van der Waals surface area contributed by atoms with Gasteiger partial charge in [0.15, 0.2) is 0 Å². The Morgan fingerprint density at radius 3 is 2.94 bits per heavy atom. The minimum Gasteiger partial charge on any atom is -0.379 e. The zero-order valence-electron chi connectivity index (χ0n) is 19.9. The van der Waals surface area contributed by atoms with Crippen molar-refractivity contribution in [3.63, 3.8) is 0 Å². The summed E-state index contributed by atoms with van der Waals surface area (Å²) in [6.45, 7) is 2.79. The lowest BCUT2D eigenvalue weighted by atomic mass is 9.93. The molecule has 0 spiro atoms. The number of anilines is 1. The molecule has 0 aliphatic heterocycles. The molecule has 36 heavy (non-hydrogen) atoms. The molecule has 0 saturated heterocycles. The predicted octanol–water partition coefficient (Wildman–Crippen LogP) is 5.65. The number of nitrogens with one attached hydrogen (secondary N) is 3. The van der Waals surface area contributed by atoms with Gasteiger partial charge in [-0.2, -0.15) is 10.2 Å². The Morgan fingerprint density at radius 2 is 2.14 bits per heavy atom. The number of rotatable bonds is 7. The van der Waals surface area contributed by atoms with Gasteiger partial charge in [0.25, 0.3) is 5.91 Å². The van der Waals surface area contributed by atoms with Crippen LogP contribution in [0.3, 0.4) is 0 Å². The Bertz CT molecular complexity index is 1480. The fourth-order valence-electron chi connectivity index (χ4n) is 4.93. The van der Waals surface area contributed by atoms with Crippen molar-refractivity contribution >= 4 is 33.8 Å². The van der Waals surface area contributed by atoms with E-state index in [1.165, 1.54) is 11.3 Å². The lowest BCUT2D eigenvalue weighted by Crippen LogP contribution is -2.24. The first-order valence-electron chi connectivity index (χ1n) is 12.2. The number of nitrogens with zero attached hydrogens (tertiary/aromatic N) is 4. The van der Waals surface area contributed by atoms with Gasteiger partial charge in [-0.3, -0.25) is 14.6 Å². The number of thiazole rings is 1. The van der Waals surface area contributed by atoms with Gasteiger partial charge < -0.3 is 15.0 Å². The van der Waals surface area contributed by atoms with Crippen molar-refractivity contribution in [3.05, 3.63) is 60.1 Å². The fourth-order valence-corrected chi connectivity index (χ4v) is 5.71. The number of H-pyrrole nitrogens is 2. The third kappa shape index (κ3) is 4.33. The van der Waals surface area contributed by atoms with Gasteiger partial charge in [0, 0.05) is 47.1 Å². The van der Waals surface area contributed by atoms with Crippen LogP contribution in [-0.4, -0.2) is 48.6 Å². The molecule has 5 aromatic rings. The maximum Gasteiger partial charge on any atom is 0.275 e. The number of benzene rings is 1. The summed E-state index contributed by atoms with van der Waals surface area (Å²) < 4.78 is 7.85. The van der Waals surface area contributed by atoms with Gasteiger partial charge in [0.2, 0.25) is 0 Å². The van der Waals surface area contributed by atoms with Crippen molar-refractivity contribution in [2.45, 2.75) is 44.8 Å². The Kier molecular flexibility index (Phi) is 6.12. The van der Waals surface area contributed by atoms with Crippen LogP contribution in [0.25, 0.3) is 32.7 Å². The van der Waals surface area contributed by atoms with Crippen LogP contribution >= 0.6 is 11.3 Å². The summed E-state index contributed by atoms with van der Waals surface area (Å²) in [5.74, 6) is -0.263. The second kappa shape index (κ2) is 9.71. The molecule has 6 rings (SSSR count). The summed E-state index contributed by atoms with van der Waals surface area (Å²) in [6.07, 6.45) is 11.7. The third-order valence-corrected chi connectivity index (χ3v) is 7.62. The highest BCUT2D eigenvalue weighted by Gasteiger charge is 2.26. The molecular weight excluding hydrogens is 474 g/mol. The predicted molar refractivity (Wildman–Crippen MR) is 140 cm³/mol. The first-order valence-corrected chi connectivity index (χ1v) is 13.1. The van der Waals surface area contributed by atoms with Crippen LogP contribution in [0.4, 0.5) is 5.69 Å². The van der Waals surface area contributed by atoms with E-state index in [1.54, 1.807) is 17.8 Å². The van der Waals surface area contributed by atoms with Crippen molar-refractivity contribution < 1.29 is 9.53 Å². The quantitative estimate of drug-likeness (QED) is 0.267. The SMILES string of the molecule is CCOC1CCC(n2cc(NC(=O)c3csc(-c4cn[nH]c4)n3)c(-c3cccc4cc[nH]c34)n2)CC1.